The van der Waals surface area contributed by atoms with Crippen molar-refractivity contribution in [3.63, 3.8) is 0 Å². The van der Waals surface area contributed by atoms with E-state index in [1.165, 1.54) is 50.1 Å². The molecule has 0 saturated heterocycles. The predicted octanol–water partition coefficient (Wildman–Crippen LogP) is 13.0. The molecule has 0 N–H and O–H groups in total. The second-order valence-corrected chi connectivity index (χ2v) is 14.3. The number of fused-ring (bicyclic) bond motifs is 8. The zero-order valence-corrected chi connectivity index (χ0v) is 29.5. The standard InChI is InChI=1S/C52H34N2/c1-5-17-35(18-6-1)37-31-32-47-43(33-37)51-44(41-27-15-26-40(50(41)53-51)36-19-7-2-8-20-36)34-54(47)48-30-16-29-46-49(48)42-25-13-14-28-45(42)52(46,38-21-9-3-10-22-38)39-23-11-4-12-24-39/h1-34H. The lowest BCUT2D eigenvalue weighted by molar-refractivity contribution is 0.768. The Morgan fingerprint density at radius 3 is 1.72 bits per heavy atom. The van der Waals surface area contributed by atoms with Crippen LogP contribution in [0.5, 0.6) is 0 Å². The van der Waals surface area contributed by atoms with Crippen LogP contribution in [0.2, 0.25) is 0 Å². The van der Waals surface area contributed by atoms with Gasteiger partial charge in [0, 0.05) is 33.7 Å². The Hall–Kier alpha value is -7.03. The molecule has 0 saturated carbocycles. The van der Waals surface area contributed by atoms with E-state index in [9.17, 15) is 0 Å². The second-order valence-electron chi connectivity index (χ2n) is 14.3. The third-order valence-electron chi connectivity index (χ3n) is 11.5. The maximum atomic E-state index is 5.49. The molecule has 0 unspecified atom stereocenters. The van der Waals surface area contributed by atoms with Crippen molar-refractivity contribution < 1.29 is 0 Å². The normalized spacial score (nSPS) is 13.0. The van der Waals surface area contributed by atoms with Gasteiger partial charge in [-0.2, -0.15) is 0 Å². The van der Waals surface area contributed by atoms with Crippen molar-refractivity contribution in [2.75, 3.05) is 0 Å². The third kappa shape index (κ3) is 4.38. The van der Waals surface area contributed by atoms with Crippen molar-refractivity contribution in [2.45, 2.75) is 5.41 Å². The first-order chi connectivity index (χ1) is 26.8. The summed E-state index contributed by atoms with van der Waals surface area (Å²) in [6, 6.07) is 72.7. The Kier molecular flexibility index (Phi) is 6.80. The largest absolute Gasteiger partial charge is 0.315 e. The van der Waals surface area contributed by atoms with Gasteiger partial charge >= 0.3 is 0 Å². The van der Waals surface area contributed by atoms with Crippen LogP contribution < -0.4 is 0 Å². The molecule has 0 radical (unpaired) electrons. The van der Waals surface area contributed by atoms with Crippen molar-refractivity contribution in [3.05, 3.63) is 229 Å². The number of pyridine rings is 1. The molecule has 2 heteroatoms. The molecule has 0 aromatic heterocycles. The van der Waals surface area contributed by atoms with Crippen LogP contribution in [-0.4, -0.2) is 9.55 Å². The predicted molar refractivity (Wildman–Crippen MR) is 223 cm³/mol. The zero-order valence-electron chi connectivity index (χ0n) is 29.5. The highest BCUT2D eigenvalue weighted by molar-refractivity contribution is 6.11. The molecular formula is C52H34N2. The minimum Gasteiger partial charge on any atom is -0.315 e. The number of rotatable bonds is 5. The molecule has 2 heterocycles. The van der Waals surface area contributed by atoms with E-state index in [0.717, 1.165) is 44.3 Å². The molecule has 11 rings (SSSR count). The summed E-state index contributed by atoms with van der Waals surface area (Å²) in [5.74, 6) is 0. The van der Waals surface area contributed by atoms with Gasteiger partial charge in [0.25, 0.3) is 0 Å². The fourth-order valence-electron chi connectivity index (χ4n) is 9.19. The highest BCUT2D eigenvalue weighted by atomic mass is 15.0. The maximum Gasteiger partial charge on any atom is 0.0825 e. The van der Waals surface area contributed by atoms with Gasteiger partial charge in [0.1, 0.15) is 0 Å². The number of aromatic nitrogens is 2. The van der Waals surface area contributed by atoms with Gasteiger partial charge in [-0.05, 0) is 62.7 Å². The first-order valence-corrected chi connectivity index (χ1v) is 18.6. The molecular weight excluding hydrogens is 653 g/mol. The van der Waals surface area contributed by atoms with Crippen LogP contribution in [0, 0.1) is 0 Å². The lowest BCUT2D eigenvalue weighted by Crippen LogP contribution is -2.28. The SMILES string of the molecule is c1ccc(-c2ccc3c(c2)c2nc4c(-c5ccccc5)cccc4c-2cn3-c2cccc3c2-c2ccccc2C3(c2ccccc2)c2ccccc2)cc1. The average molecular weight is 687 g/mol. The van der Waals surface area contributed by atoms with E-state index in [0.29, 0.717) is 0 Å². The van der Waals surface area contributed by atoms with E-state index in [2.05, 4.69) is 211 Å². The number of nitrogens with zero attached hydrogens (tertiary/aromatic N) is 2. The molecule has 0 bridgehead atoms. The lowest BCUT2D eigenvalue weighted by atomic mass is 9.68. The van der Waals surface area contributed by atoms with Crippen LogP contribution in [0.4, 0.5) is 0 Å². The Bertz CT molecular complexity index is 2920. The van der Waals surface area contributed by atoms with Crippen molar-refractivity contribution >= 4 is 21.8 Å². The Balaban J connectivity index is 1.26. The summed E-state index contributed by atoms with van der Waals surface area (Å²) in [6.45, 7) is 0. The summed E-state index contributed by atoms with van der Waals surface area (Å²) in [6.07, 6.45) is 2.34. The van der Waals surface area contributed by atoms with E-state index < -0.39 is 5.41 Å². The minimum atomic E-state index is -0.482. The topological polar surface area (TPSA) is 17.8 Å². The van der Waals surface area contributed by atoms with Crippen molar-refractivity contribution in [2.24, 2.45) is 0 Å². The van der Waals surface area contributed by atoms with Crippen LogP contribution in [0.25, 0.3) is 72.1 Å². The van der Waals surface area contributed by atoms with Crippen molar-refractivity contribution in [1.29, 1.82) is 0 Å². The summed E-state index contributed by atoms with van der Waals surface area (Å²) in [7, 11) is 0. The van der Waals surface area contributed by atoms with E-state index in [-0.39, 0.29) is 0 Å². The fraction of sp³-hybridized carbons (Fsp3) is 0.0192. The molecule has 0 atom stereocenters. The first-order valence-electron chi connectivity index (χ1n) is 18.6. The van der Waals surface area contributed by atoms with Gasteiger partial charge in [-0.1, -0.05) is 182 Å². The molecule has 8 aromatic carbocycles. The Morgan fingerprint density at radius 1 is 0.407 bits per heavy atom. The zero-order chi connectivity index (χ0) is 35.6. The van der Waals surface area contributed by atoms with Crippen LogP contribution in [0.3, 0.4) is 0 Å². The summed E-state index contributed by atoms with van der Waals surface area (Å²) in [5, 5.41) is 2.29. The summed E-state index contributed by atoms with van der Waals surface area (Å²) < 4.78 is 2.43. The Labute approximate surface area is 314 Å². The quantitative estimate of drug-likeness (QED) is 0.176. The van der Waals surface area contributed by atoms with E-state index >= 15 is 0 Å². The van der Waals surface area contributed by atoms with Gasteiger partial charge in [0.05, 0.1) is 27.8 Å². The van der Waals surface area contributed by atoms with Gasteiger partial charge in [0.2, 0.25) is 0 Å². The molecule has 54 heavy (non-hydrogen) atoms. The summed E-state index contributed by atoms with van der Waals surface area (Å²) in [5.41, 5.74) is 17.3. The number of hydrogen-bond acceptors (Lipinski definition) is 1. The van der Waals surface area contributed by atoms with Crippen molar-refractivity contribution in [1.82, 2.24) is 9.55 Å². The molecule has 0 fully saturated rings. The minimum absolute atomic E-state index is 0.482. The average Bonchev–Trinajstić information content (AvgIpc) is 3.79. The van der Waals surface area contributed by atoms with Gasteiger partial charge in [-0.15, -0.1) is 0 Å². The van der Waals surface area contributed by atoms with Gasteiger partial charge in [0.15, 0.2) is 0 Å². The van der Waals surface area contributed by atoms with Gasteiger partial charge in [-0.3, -0.25) is 0 Å². The first kappa shape index (κ1) is 30.6. The molecule has 0 spiro atoms. The smallest absolute Gasteiger partial charge is 0.0825 e. The molecule has 1 aliphatic carbocycles. The molecule has 252 valence electrons. The van der Waals surface area contributed by atoms with Gasteiger partial charge in [-0.25, -0.2) is 4.98 Å². The molecule has 0 amide bonds. The lowest BCUT2D eigenvalue weighted by Gasteiger charge is -2.34. The van der Waals surface area contributed by atoms with Crippen LogP contribution in [-0.2, 0) is 5.41 Å². The molecule has 3 aliphatic rings. The van der Waals surface area contributed by atoms with Crippen LogP contribution >= 0.6 is 0 Å². The fourth-order valence-corrected chi connectivity index (χ4v) is 9.19. The van der Waals surface area contributed by atoms with E-state index in [1.54, 1.807) is 0 Å². The van der Waals surface area contributed by atoms with E-state index in [4.69, 9.17) is 4.98 Å². The highest BCUT2D eigenvalue weighted by Gasteiger charge is 2.47. The van der Waals surface area contributed by atoms with Crippen molar-refractivity contribution in [3.8, 4) is 50.3 Å². The van der Waals surface area contributed by atoms with Crippen LogP contribution in [0.15, 0.2) is 206 Å². The molecule has 2 aliphatic heterocycles. The number of hydrogen-bond donors (Lipinski definition) is 0. The number of benzene rings is 8. The molecule has 2 nitrogen and oxygen atoms in total. The third-order valence-corrected chi connectivity index (χ3v) is 11.5. The van der Waals surface area contributed by atoms with E-state index in [1.807, 2.05) is 0 Å². The van der Waals surface area contributed by atoms with Crippen LogP contribution in [0.1, 0.15) is 22.3 Å². The monoisotopic (exact) mass is 686 g/mol. The second kappa shape index (κ2) is 12.0. The van der Waals surface area contributed by atoms with Gasteiger partial charge < -0.3 is 4.57 Å². The maximum absolute atomic E-state index is 5.49. The summed E-state index contributed by atoms with van der Waals surface area (Å²) >= 11 is 0. The Morgan fingerprint density at radius 2 is 1.00 bits per heavy atom. The highest BCUT2D eigenvalue weighted by Crippen LogP contribution is 2.58. The number of para-hydroxylation sites is 1. The summed E-state index contributed by atoms with van der Waals surface area (Å²) in [4.78, 5) is 5.49. The molecule has 8 aromatic rings.